The van der Waals surface area contributed by atoms with E-state index in [9.17, 15) is 4.79 Å². The van der Waals surface area contributed by atoms with E-state index in [0.29, 0.717) is 18.9 Å². The van der Waals surface area contributed by atoms with Crippen LogP contribution in [0.4, 0.5) is 0 Å². The maximum absolute atomic E-state index is 12.2. The minimum atomic E-state index is 0.117. The number of nitrogens with one attached hydrogen (secondary N) is 1. The van der Waals surface area contributed by atoms with Gasteiger partial charge >= 0.3 is 0 Å². The summed E-state index contributed by atoms with van der Waals surface area (Å²) < 4.78 is 5.22. The van der Waals surface area contributed by atoms with Gasteiger partial charge in [-0.25, -0.2) is 9.97 Å². The minimum Gasteiger partial charge on any atom is -0.497 e. The first-order valence-corrected chi connectivity index (χ1v) is 9.59. The van der Waals surface area contributed by atoms with Gasteiger partial charge in [0.25, 0.3) is 0 Å². The second-order valence-electron chi connectivity index (χ2n) is 7.16. The molecule has 0 aliphatic carbocycles. The van der Waals surface area contributed by atoms with E-state index in [2.05, 4.69) is 20.2 Å². The first-order chi connectivity index (χ1) is 13.2. The Morgan fingerprint density at radius 2 is 2.15 bits per heavy atom. The number of piperidine rings is 1. The van der Waals surface area contributed by atoms with Crippen LogP contribution in [0, 0.1) is 5.92 Å². The van der Waals surface area contributed by atoms with Crippen molar-refractivity contribution in [2.75, 3.05) is 20.2 Å². The molecule has 1 saturated heterocycles. The Kier molecular flexibility index (Phi) is 7.16. The lowest BCUT2D eigenvalue weighted by Gasteiger charge is -2.32. The lowest BCUT2D eigenvalue weighted by atomic mass is 9.93. The Bertz CT molecular complexity index is 723. The minimum absolute atomic E-state index is 0.117. The summed E-state index contributed by atoms with van der Waals surface area (Å²) in [5.74, 6) is 1.50. The first-order valence-electron chi connectivity index (χ1n) is 9.59. The summed E-state index contributed by atoms with van der Waals surface area (Å²) in [6.45, 7) is 3.58. The van der Waals surface area contributed by atoms with Gasteiger partial charge in [0, 0.05) is 44.0 Å². The number of hydrogen-bond donors (Lipinski definition) is 1. The highest BCUT2D eigenvalue weighted by Crippen LogP contribution is 2.22. The number of benzene rings is 1. The van der Waals surface area contributed by atoms with E-state index >= 15 is 0 Å². The molecule has 1 unspecified atom stereocenters. The van der Waals surface area contributed by atoms with Gasteiger partial charge in [-0.15, -0.1) is 0 Å². The third-order valence-electron chi connectivity index (χ3n) is 5.03. The zero-order valence-electron chi connectivity index (χ0n) is 15.9. The lowest BCUT2D eigenvalue weighted by Crippen LogP contribution is -2.35. The predicted octanol–water partition coefficient (Wildman–Crippen LogP) is 2.79. The topological polar surface area (TPSA) is 67.3 Å². The van der Waals surface area contributed by atoms with Crippen molar-refractivity contribution in [3.63, 3.8) is 0 Å². The molecular formula is C21H28N4O2. The zero-order chi connectivity index (χ0) is 18.9. The van der Waals surface area contributed by atoms with E-state index in [-0.39, 0.29) is 5.91 Å². The highest BCUT2D eigenvalue weighted by molar-refractivity contribution is 5.75. The summed E-state index contributed by atoms with van der Waals surface area (Å²) in [5.41, 5.74) is 2.20. The summed E-state index contributed by atoms with van der Waals surface area (Å²) in [6, 6.07) is 7.79. The molecule has 3 rings (SSSR count). The molecule has 0 saturated carbocycles. The van der Waals surface area contributed by atoms with Crippen LogP contribution in [0.5, 0.6) is 5.75 Å². The van der Waals surface area contributed by atoms with Crippen molar-refractivity contribution in [2.24, 2.45) is 5.92 Å². The molecule has 144 valence electrons. The van der Waals surface area contributed by atoms with Crippen LogP contribution >= 0.6 is 0 Å². The summed E-state index contributed by atoms with van der Waals surface area (Å²) in [5, 5.41) is 3.02. The third-order valence-corrected chi connectivity index (χ3v) is 5.03. The van der Waals surface area contributed by atoms with E-state index in [0.717, 1.165) is 42.9 Å². The molecule has 6 heteroatoms. The van der Waals surface area contributed by atoms with Crippen molar-refractivity contribution >= 4 is 5.91 Å². The van der Waals surface area contributed by atoms with E-state index in [1.807, 2.05) is 36.7 Å². The molecule has 1 aliphatic rings. The van der Waals surface area contributed by atoms with Crippen LogP contribution in [-0.4, -0.2) is 41.0 Å². The van der Waals surface area contributed by atoms with Gasteiger partial charge < -0.3 is 10.1 Å². The van der Waals surface area contributed by atoms with Crippen LogP contribution in [-0.2, 0) is 17.9 Å². The van der Waals surface area contributed by atoms with Crippen molar-refractivity contribution in [2.45, 2.75) is 38.8 Å². The summed E-state index contributed by atoms with van der Waals surface area (Å²) in [7, 11) is 1.65. The van der Waals surface area contributed by atoms with E-state index < -0.39 is 0 Å². The number of methoxy groups -OCH3 is 1. The standard InChI is InChI=1S/C21H28N4O2/c1-27-20-6-2-4-18(10-20)13-24-21(26)8-7-17-5-3-9-25(14-17)15-19-11-22-16-23-12-19/h2,4,6,10-12,16-17H,3,5,7-9,13-15H2,1H3,(H,24,26). The van der Waals surface area contributed by atoms with Crippen molar-refractivity contribution in [1.29, 1.82) is 0 Å². The molecule has 2 heterocycles. The van der Waals surface area contributed by atoms with Crippen molar-refractivity contribution in [3.05, 3.63) is 54.1 Å². The van der Waals surface area contributed by atoms with Crippen LogP contribution in [0.25, 0.3) is 0 Å². The average Bonchev–Trinajstić information content (AvgIpc) is 2.72. The highest BCUT2D eigenvalue weighted by atomic mass is 16.5. The summed E-state index contributed by atoms with van der Waals surface area (Å²) >= 11 is 0. The Balaban J connectivity index is 1.39. The average molecular weight is 368 g/mol. The monoisotopic (exact) mass is 368 g/mol. The quantitative estimate of drug-likeness (QED) is 0.776. The number of hydrogen-bond acceptors (Lipinski definition) is 5. The fourth-order valence-corrected chi connectivity index (χ4v) is 3.61. The van der Waals surface area contributed by atoms with E-state index in [1.165, 1.54) is 12.8 Å². The fourth-order valence-electron chi connectivity index (χ4n) is 3.61. The Hall–Kier alpha value is -2.47. The molecule has 1 aromatic carbocycles. The van der Waals surface area contributed by atoms with Gasteiger partial charge in [-0.3, -0.25) is 9.69 Å². The van der Waals surface area contributed by atoms with Crippen molar-refractivity contribution in [3.8, 4) is 5.75 Å². The van der Waals surface area contributed by atoms with Crippen LogP contribution in [0.3, 0.4) is 0 Å². The van der Waals surface area contributed by atoms with Crippen LogP contribution in [0.15, 0.2) is 43.0 Å². The maximum atomic E-state index is 12.2. The predicted molar refractivity (Wildman–Crippen MR) is 104 cm³/mol. The third kappa shape index (κ3) is 6.32. The molecule has 0 radical (unpaired) electrons. The van der Waals surface area contributed by atoms with Crippen molar-refractivity contribution < 1.29 is 9.53 Å². The number of carbonyl (C=O) groups is 1. The number of amides is 1. The summed E-state index contributed by atoms with van der Waals surface area (Å²) in [4.78, 5) is 22.8. The molecule has 0 spiro atoms. The largest absolute Gasteiger partial charge is 0.497 e. The van der Waals surface area contributed by atoms with E-state index in [1.54, 1.807) is 13.4 Å². The SMILES string of the molecule is COc1cccc(CNC(=O)CCC2CCCN(Cc3cncnc3)C2)c1. The molecule has 1 N–H and O–H groups in total. The molecule has 1 atom stereocenters. The Labute approximate surface area is 161 Å². The van der Waals surface area contributed by atoms with Gasteiger partial charge in [0.1, 0.15) is 12.1 Å². The number of rotatable bonds is 8. The van der Waals surface area contributed by atoms with Crippen molar-refractivity contribution in [1.82, 2.24) is 20.2 Å². The van der Waals surface area contributed by atoms with Crippen LogP contribution < -0.4 is 10.1 Å². The Morgan fingerprint density at radius 3 is 2.96 bits per heavy atom. The molecule has 1 fully saturated rings. The molecular weight excluding hydrogens is 340 g/mol. The van der Waals surface area contributed by atoms with Gasteiger partial charge in [0.2, 0.25) is 5.91 Å². The number of likely N-dealkylation sites (tertiary alicyclic amines) is 1. The second kappa shape index (κ2) is 10.0. The molecule has 0 bridgehead atoms. The smallest absolute Gasteiger partial charge is 0.220 e. The maximum Gasteiger partial charge on any atom is 0.220 e. The number of ether oxygens (including phenoxy) is 1. The lowest BCUT2D eigenvalue weighted by molar-refractivity contribution is -0.121. The normalized spacial score (nSPS) is 17.4. The molecule has 27 heavy (non-hydrogen) atoms. The fraction of sp³-hybridized carbons (Fsp3) is 0.476. The zero-order valence-corrected chi connectivity index (χ0v) is 15.9. The number of nitrogens with zero attached hydrogens (tertiary/aromatic N) is 3. The van der Waals surface area contributed by atoms with E-state index in [4.69, 9.17) is 4.74 Å². The number of aromatic nitrogens is 2. The van der Waals surface area contributed by atoms with Gasteiger partial charge in [0.15, 0.2) is 0 Å². The Morgan fingerprint density at radius 1 is 1.30 bits per heavy atom. The molecule has 1 amide bonds. The molecule has 2 aromatic rings. The highest BCUT2D eigenvalue weighted by Gasteiger charge is 2.20. The first kappa shape index (κ1) is 19.3. The molecule has 1 aliphatic heterocycles. The second-order valence-corrected chi connectivity index (χ2v) is 7.16. The van der Waals surface area contributed by atoms with Gasteiger partial charge in [-0.1, -0.05) is 12.1 Å². The molecule has 6 nitrogen and oxygen atoms in total. The molecule has 1 aromatic heterocycles. The van der Waals surface area contributed by atoms with Gasteiger partial charge in [-0.05, 0) is 49.4 Å². The van der Waals surface area contributed by atoms with Crippen LogP contribution in [0.1, 0.15) is 36.8 Å². The van der Waals surface area contributed by atoms with Crippen LogP contribution in [0.2, 0.25) is 0 Å². The van der Waals surface area contributed by atoms with Gasteiger partial charge in [-0.2, -0.15) is 0 Å². The summed E-state index contributed by atoms with van der Waals surface area (Å²) in [6.07, 6.45) is 9.22. The number of carbonyl (C=O) groups excluding carboxylic acids is 1. The van der Waals surface area contributed by atoms with Gasteiger partial charge in [0.05, 0.1) is 7.11 Å².